The number of hydrogen-bond acceptors (Lipinski definition) is 6. The maximum Gasteiger partial charge on any atom is 0.314 e. The first kappa shape index (κ1) is 54.3. The van der Waals surface area contributed by atoms with Gasteiger partial charge in [0.25, 0.3) is 7.82 Å². The van der Waals surface area contributed by atoms with Gasteiger partial charge in [-0.05, 0) is 12.8 Å². The summed E-state index contributed by atoms with van der Waals surface area (Å²) in [6.07, 6.45) is 41.2. The Morgan fingerprint density at radius 1 is 0.545 bits per heavy atom. The zero-order valence-corrected chi connectivity index (χ0v) is 38.2. The predicted molar refractivity (Wildman–Crippen MR) is 233 cm³/mol. The molecule has 0 fully saturated rings. The van der Waals surface area contributed by atoms with Gasteiger partial charge in [-0.25, -0.2) is 4.79 Å². The van der Waals surface area contributed by atoms with E-state index in [4.69, 9.17) is 13.8 Å². The number of quaternary nitrogens is 1. The third-order valence-electron chi connectivity index (χ3n) is 10.5. The van der Waals surface area contributed by atoms with Crippen LogP contribution in [0, 0.1) is 0 Å². The summed E-state index contributed by atoms with van der Waals surface area (Å²) in [5.41, 5.74) is 0. The Morgan fingerprint density at radius 3 is 1.29 bits per heavy atom. The highest BCUT2D eigenvalue weighted by Crippen LogP contribution is 2.39. The summed E-state index contributed by atoms with van der Waals surface area (Å²) in [5, 5.41) is 5.67. The quantitative estimate of drug-likeness (QED) is 0.0361. The molecule has 2 atom stereocenters. The highest BCUT2D eigenvalue weighted by Gasteiger charge is 2.21. The molecule has 330 valence electrons. The zero-order chi connectivity index (χ0) is 40.6. The fourth-order valence-electron chi connectivity index (χ4n) is 6.88. The lowest BCUT2D eigenvalue weighted by Crippen LogP contribution is -2.42. The SMILES string of the molecule is CCCCCCCCCCCCCCCCCCCCOCC(CNC(=O)NCCCCCCCCCCCCCCCC)OP(=O)([O-])OCC[N+](C)(C)C. The molecule has 0 rings (SSSR count). The Balaban J connectivity index is 4.09. The molecule has 0 radical (unpaired) electrons. The number of nitrogens with one attached hydrogen (secondary N) is 2. The minimum atomic E-state index is -4.56. The first-order chi connectivity index (χ1) is 26.6. The van der Waals surface area contributed by atoms with Crippen LogP contribution < -0.4 is 15.5 Å². The molecule has 0 spiro atoms. The second-order valence-corrected chi connectivity index (χ2v) is 18.7. The molecule has 0 saturated carbocycles. The lowest BCUT2D eigenvalue weighted by atomic mass is 10.0. The fourth-order valence-corrected chi connectivity index (χ4v) is 7.74. The van der Waals surface area contributed by atoms with Gasteiger partial charge in [0.2, 0.25) is 0 Å². The van der Waals surface area contributed by atoms with E-state index in [0.29, 0.717) is 24.2 Å². The second-order valence-electron chi connectivity index (χ2n) is 17.3. The molecule has 9 nitrogen and oxygen atoms in total. The van der Waals surface area contributed by atoms with Crippen LogP contribution in [0.1, 0.15) is 219 Å². The van der Waals surface area contributed by atoms with Crippen molar-refractivity contribution < 1.29 is 32.5 Å². The van der Waals surface area contributed by atoms with E-state index >= 15 is 0 Å². The third kappa shape index (κ3) is 44.3. The number of amides is 2. The van der Waals surface area contributed by atoms with Gasteiger partial charge in [0, 0.05) is 19.7 Å². The van der Waals surface area contributed by atoms with Crippen molar-refractivity contribution >= 4 is 13.9 Å². The Morgan fingerprint density at radius 2 is 0.909 bits per heavy atom. The van der Waals surface area contributed by atoms with Crippen molar-refractivity contribution in [1.82, 2.24) is 10.6 Å². The standard InChI is InChI=1S/C45H94N3O6P/c1-6-8-10-12-14-16-18-20-22-23-24-25-27-29-31-33-35-37-40-52-43-44(54-55(50,51)53-41-39-48(3,4)5)42-47-45(49)46-38-36-34-32-30-28-26-21-19-17-15-13-11-9-7-2/h44H,6-43H2,1-5H3,(H2-,46,47,49,50,51). The van der Waals surface area contributed by atoms with Crippen LogP contribution in [0.4, 0.5) is 4.79 Å². The van der Waals surface area contributed by atoms with Crippen molar-refractivity contribution in [3.8, 4) is 0 Å². The monoisotopic (exact) mass is 804 g/mol. The number of rotatable bonds is 44. The fraction of sp³-hybridized carbons (Fsp3) is 0.978. The van der Waals surface area contributed by atoms with Gasteiger partial charge < -0.3 is 33.8 Å². The van der Waals surface area contributed by atoms with Gasteiger partial charge in [-0.15, -0.1) is 0 Å². The molecule has 0 aromatic rings. The number of unbranched alkanes of at least 4 members (excludes halogenated alkanes) is 30. The van der Waals surface area contributed by atoms with Gasteiger partial charge in [0.1, 0.15) is 19.3 Å². The minimum Gasteiger partial charge on any atom is -0.756 e. The summed E-state index contributed by atoms with van der Waals surface area (Å²) in [4.78, 5) is 25.1. The molecule has 0 heterocycles. The third-order valence-corrected chi connectivity index (χ3v) is 11.6. The van der Waals surface area contributed by atoms with E-state index in [2.05, 4.69) is 24.5 Å². The minimum absolute atomic E-state index is 0.0224. The lowest BCUT2D eigenvalue weighted by Gasteiger charge is -2.30. The number of ether oxygens (including phenoxy) is 1. The van der Waals surface area contributed by atoms with Crippen LogP contribution in [0.5, 0.6) is 0 Å². The first-order valence-corrected chi connectivity index (χ1v) is 25.1. The summed E-state index contributed by atoms with van der Waals surface area (Å²) < 4.78 is 29.5. The van der Waals surface area contributed by atoms with E-state index in [0.717, 1.165) is 25.7 Å². The first-order valence-electron chi connectivity index (χ1n) is 23.6. The molecular weight excluding hydrogens is 709 g/mol. The molecule has 0 saturated heterocycles. The molecular formula is C45H94N3O6P. The van der Waals surface area contributed by atoms with Crippen molar-refractivity contribution in [2.24, 2.45) is 0 Å². The van der Waals surface area contributed by atoms with E-state index in [-0.39, 0.29) is 25.8 Å². The summed E-state index contributed by atoms with van der Waals surface area (Å²) in [7, 11) is 1.35. The smallest absolute Gasteiger partial charge is 0.314 e. The van der Waals surface area contributed by atoms with Crippen LogP contribution in [0.2, 0.25) is 0 Å². The van der Waals surface area contributed by atoms with Crippen LogP contribution in [0.15, 0.2) is 0 Å². The zero-order valence-electron chi connectivity index (χ0n) is 37.3. The second kappa shape index (κ2) is 40.1. The number of phosphoric acid groups is 1. The molecule has 55 heavy (non-hydrogen) atoms. The molecule has 0 bridgehead atoms. The Kier molecular flexibility index (Phi) is 39.6. The van der Waals surface area contributed by atoms with Crippen LogP contribution >= 0.6 is 7.82 Å². The van der Waals surface area contributed by atoms with Gasteiger partial charge in [0.15, 0.2) is 0 Å². The number of nitrogens with zero attached hydrogens (tertiary/aromatic N) is 1. The van der Waals surface area contributed by atoms with E-state index in [9.17, 15) is 14.3 Å². The molecule has 0 aliphatic heterocycles. The van der Waals surface area contributed by atoms with Gasteiger partial charge in [0.05, 0.1) is 27.7 Å². The molecule has 0 aliphatic rings. The summed E-state index contributed by atoms with van der Waals surface area (Å²) in [6.45, 7) is 6.33. The van der Waals surface area contributed by atoms with Gasteiger partial charge >= 0.3 is 6.03 Å². The molecule has 2 amide bonds. The Labute approximate surface area is 342 Å². The maximum absolute atomic E-state index is 12.6. The average Bonchev–Trinajstić information content (AvgIpc) is 3.13. The molecule has 0 aromatic heterocycles. The van der Waals surface area contributed by atoms with Gasteiger partial charge in [-0.3, -0.25) is 4.57 Å². The molecule has 0 aliphatic carbocycles. The van der Waals surface area contributed by atoms with Crippen molar-refractivity contribution in [2.75, 3.05) is 60.6 Å². The van der Waals surface area contributed by atoms with E-state index in [1.54, 1.807) is 0 Å². The van der Waals surface area contributed by atoms with Crippen molar-refractivity contribution in [1.29, 1.82) is 0 Å². The molecule has 2 N–H and O–H groups in total. The molecule has 10 heteroatoms. The van der Waals surface area contributed by atoms with E-state index < -0.39 is 13.9 Å². The number of hydrogen-bond donors (Lipinski definition) is 2. The topological polar surface area (TPSA) is 109 Å². The van der Waals surface area contributed by atoms with Gasteiger partial charge in [-0.1, -0.05) is 206 Å². The number of phosphoric ester groups is 1. The van der Waals surface area contributed by atoms with Crippen LogP contribution in [-0.4, -0.2) is 77.2 Å². The van der Waals surface area contributed by atoms with Crippen molar-refractivity contribution in [3.63, 3.8) is 0 Å². The number of likely N-dealkylation sites (N-methyl/N-ethyl adjacent to an activating group) is 1. The highest BCUT2D eigenvalue weighted by molar-refractivity contribution is 7.45. The van der Waals surface area contributed by atoms with Crippen LogP contribution in [0.3, 0.4) is 0 Å². The van der Waals surface area contributed by atoms with E-state index in [1.165, 1.54) is 180 Å². The number of carbonyl (C=O) groups excluding carboxylic acids is 1. The van der Waals surface area contributed by atoms with Crippen molar-refractivity contribution in [2.45, 2.75) is 225 Å². The Hall–Kier alpha value is -0.700. The lowest BCUT2D eigenvalue weighted by molar-refractivity contribution is -0.870. The van der Waals surface area contributed by atoms with Gasteiger partial charge in [-0.2, -0.15) is 0 Å². The average molecular weight is 804 g/mol. The Bertz CT molecular complexity index is 859. The predicted octanol–water partition coefficient (Wildman–Crippen LogP) is 12.4. The van der Waals surface area contributed by atoms with Crippen LogP contribution in [-0.2, 0) is 18.3 Å². The highest BCUT2D eigenvalue weighted by atomic mass is 31.2. The molecule has 2 unspecified atom stereocenters. The summed E-state index contributed by atoms with van der Waals surface area (Å²) >= 11 is 0. The normalized spacial score (nSPS) is 13.6. The number of carbonyl (C=O) groups is 1. The largest absolute Gasteiger partial charge is 0.756 e. The van der Waals surface area contributed by atoms with Crippen LogP contribution in [0.25, 0.3) is 0 Å². The van der Waals surface area contributed by atoms with E-state index in [1.807, 2.05) is 21.1 Å². The maximum atomic E-state index is 12.6. The summed E-state index contributed by atoms with van der Waals surface area (Å²) in [5.74, 6) is 0. The molecule has 0 aromatic carbocycles. The van der Waals surface area contributed by atoms with Crippen molar-refractivity contribution in [3.05, 3.63) is 0 Å². The number of urea groups is 1. The summed E-state index contributed by atoms with van der Waals surface area (Å²) in [6, 6.07) is -0.321.